The largest absolute Gasteiger partial charge is 0.508 e. The van der Waals surface area contributed by atoms with E-state index >= 15 is 0 Å². The molecule has 8 heterocycles. The Hall–Kier alpha value is -6.93. The first-order valence-electron chi connectivity index (χ1n) is 16.2. The molecule has 7 aromatic heterocycles. The van der Waals surface area contributed by atoms with E-state index in [9.17, 15) is 5.11 Å². The SMILES string of the molecule is Oc1ccc(C2=c3ccc([nH]3)=C([n+]3ccccc3)c3ccc([nH]3)C([n+]3ccccc3)=c3ccc([nH]3)=C([n+]3ccccc3)c3ccc2[nH]3)cc1. The zero-order valence-corrected chi connectivity index (χ0v) is 26.4. The molecule has 0 atom stereocenters. The Bertz CT molecular complexity index is 2700. The molecule has 49 heavy (non-hydrogen) atoms. The molecule has 1 aliphatic heterocycles. The number of phenols is 1. The predicted molar refractivity (Wildman–Crippen MR) is 185 cm³/mol. The van der Waals surface area contributed by atoms with Gasteiger partial charge < -0.3 is 25.0 Å². The van der Waals surface area contributed by atoms with Crippen LogP contribution in [0, 0.1) is 0 Å². The second-order valence-electron chi connectivity index (χ2n) is 12.0. The van der Waals surface area contributed by atoms with Gasteiger partial charge in [0.2, 0.25) is 0 Å². The lowest BCUT2D eigenvalue weighted by molar-refractivity contribution is -0.580. The molecule has 1 aliphatic rings. The molecule has 8 heteroatoms. The fraction of sp³-hybridized carbons (Fsp3) is 0. The van der Waals surface area contributed by atoms with Gasteiger partial charge in [-0.15, -0.1) is 0 Å². The van der Waals surface area contributed by atoms with Crippen LogP contribution in [0.1, 0.15) is 28.3 Å². The molecule has 0 saturated carbocycles. The molecule has 8 bridgehead atoms. The molecule has 0 fully saturated rings. The smallest absolute Gasteiger partial charge is 0.257 e. The third-order valence-electron chi connectivity index (χ3n) is 8.89. The number of aromatic amines is 4. The molecule has 0 spiro atoms. The van der Waals surface area contributed by atoms with E-state index in [1.165, 1.54) is 0 Å². The molecular weight excluding hydrogens is 606 g/mol. The summed E-state index contributed by atoms with van der Waals surface area (Å²) in [7, 11) is 0. The number of pyridine rings is 3. The van der Waals surface area contributed by atoms with E-state index in [-0.39, 0.29) is 5.75 Å². The number of fused-ring (bicyclic) bond motifs is 8. The van der Waals surface area contributed by atoms with Crippen molar-refractivity contribution in [1.82, 2.24) is 19.9 Å². The van der Waals surface area contributed by atoms with Gasteiger partial charge in [0.15, 0.2) is 37.2 Å². The van der Waals surface area contributed by atoms with Crippen LogP contribution in [0.25, 0.3) is 22.7 Å². The average Bonchev–Trinajstić information content (AvgIpc) is 3.98. The lowest BCUT2D eigenvalue weighted by Crippen LogP contribution is -2.40. The van der Waals surface area contributed by atoms with E-state index in [2.05, 4.69) is 119 Å². The fourth-order valence-corrected chi connectivity index (χ4v) is 6.70. The van der Waals surface area contributed by atoms with E-state index in [1.807, 2.05) is 66.7 Å². The Morgan fingerprint density at radius 2 is 0.714 bits per heavy atom. The van der Waals surface area contributed by atoms with Crippen molar-refractivity contribution in [3.63, 3.8) is 0 Å². The molecular formula is C41H32N7O+3. The molecule has 0 saturated heterocycles. The standard InChI is InChI=1S/C41H31N7O/c49-29-12-10-28(11-13-29)38-30-14-16-32(42-30)39(46-22-4-1-5-23-46)34-18-20-36(44-34)41(48-26-8-3-9-27-48)37-21-19-35(45-37)40(33-17-15-31(38)43-33)47-24-6-2-7-25-47/h1-27,42-45H/q+2/p+1. The summed E-state index contributed by atoms with van der Waals surface area (Å²) in [5, 5.41) is 14.0. The maximum Gasteiger partial charge on any atom is 0.257 e. The number of aromatic hydroxyl groups is 1. The summed E-state index contributed by atoms with van der Waals surface area (Å²) in [5.74, 6) is 0.221. The van der Waals surface area contributed by atoms with E-state index in [4.69, 9.17) is 0 Å². The maximum atomic E-state index is 10.2. The second kappa shape index (κ2) is 11.7. The number of aromatic nitrogens is 7. The van der Waals surface area contributed by atoms with Crippen molar-refractivity contribution in [3.05, 3.63) is 214 Å². The van der Waals surface area contributed by atoms with Gasteiger partial charge in [0.25, 0.3) is 17.1 Å². The Kier molecular flexibility index (Phi) is 6.76. The topological polar surface area (TPSA) is 95.0 Å². The first-order valence-corrected chi connectivity index (χ1v) is 16.2. The minimum atomic E-state index is 0.221. The van der Waals surface area contributed by atoms with Gasteiger partial charge in [0.1, 0.15) is 38.9 Å². The van der Waals surface area contributed by atoms with Crippen molar-refractivity contribution in [3.8, 4) is 5.75 Å². The van der Waals surface area contributed by atoms with Gasteiger partial charge in [-0.25, -0.2) is 0 Å². The predicted octanol–water partition coefficient (Wildman–Crippen LogP) is 2.24. The molecule has 9 rings (SSSR count). The Morgan fingerprint density at radius 3 is 1.16 bits per heavy atom. The fourth-order valence-electron chi connectivity index (χ4n) is 6.70. The first kappa shape index (κ1) is 28.3. The van der Waals surface area contributed by atoms with Crippen LogP contribution in [-0.2, 0) is 0 Å². The minimum Gasteiger partial charge on any atom is -0.508 e. The van der Waals surface area contributed by atoms with Crippen molar-refractivity contribution < 1.29 is 18.8 Å². The van der Waals surface area contributed by atoms with Gasteiger partial charge in [-0.1, -0.05) is 30.3 Å². The molecule has 0 unspecified atom stereocenters. The number of hydrogen-bond acceptors (Lipinski definition) is 1. The highest BCUT2D eigenvalue weighted by Gasteiger charge is 2.24. The van der Waals surface area contributed by atoms with Crippen molar-refractivity contribution in [2.24, 2.45) is 0 Å². The van der Waals surface area contributed by atoms with Gasteiger partial charge in [-0.3, -0.25) is 0 Å². The summed E-state index contributed by atoms with van der Waals surface area (Å²) in [4.78, 5) is 15.1. The number of phenolic OH excluding ortho intramolecular Hbond substituents is 1. The lowest BCUT2D eigenvalue weighted by atomic mass is 10.0. The maximum absolute atomic E-state index is 10.2. The summed E-state index contributed by atoms with van der Waals surface area (Å²) in [6.07, 6.45) is 12.4. The highest BCUT2D eigenvalue weighted by molar-refractivity contribution is 5.78. The number of hydrogen-bond donors (Lipinski definition) is 5. The zero-order valence-electron chi connectivity index (χ0n) is 26.4. The van der Waals surface area contributed by atoms with Crippen LogP contribution in [0.2, 0.25) is 0 Å². The second-order valence-corrected chi connectivity index (χ2v) is 12.0. The third-order valence-corrected chi connectivity index (χ3v) is 8.89. The highest BCUT2D eigenvalue weighted by atomic mass is 16.3. The molecule has 8 aromatic rings. The number of nitrogens with one attached hydrogen (secondary N) is 4. The molecule has 0 aliphatic carbocycles. The van der Waals surface area contributed by atoms with Crippen LogP contribution in [-0.4, -0.2) is 25.0 Å². The Morgan fingerprint density at radius 1 is 0.347 bits per heavy atom. The number of H-pyrrole nitrogens is 4. The van der Waals surface area contributed by atoms with Gasteiger partial charge in [0, 0.05) is 53.0 Å². The monoisotopic (exact) mass is 638 g/mol. The van der Waals surface area contributed by atoms with Crippen molar-refractivity contribution in [2.75, 3.05) is 0 Å². The molecule has 8 nitrogen and oxygen atoms in total. The Labute approximate surface area is 280 Å². The number of nitrogens with zero attached hydrogens (tertiary/aromatic N) is 3. The number of rotatable bonds is 4. The summed E-state index contributed by atoms with van der Waals surface area (Å²) in [6, 6.07) is 42.7. The van der Waals surface area contributed by atoms with Crippen LogP contribution in [0.3, 0.4) is 0 Å². The van der Waals surface area contributed by atoms with Crippen LogP contribution < -0.4 is 35.1 Å². The van der Waals surface area contributed by atoms with E-state index in [0.29, 0.717) is 0 Å². The summed E-state index contributed by atoms with van der Waals surface area (Å²) >= 11 is 0. The quantitative estimate of drug-likeness (QED) is 0.188. The van der Waals surface area contributed by atoms with Crippen molar-refractivity contribution >= 4 is 22.7 Å². The molecule has 5 N–H and O–H groups in total. The van der Waals surface area contributed by atoms with Crippen LogP contribution in [0.5, 0.6) is 5.75 Å². The average molecular weight is 639 g/mol. The molecule has 1 aromatic carbocycles. The summed E-state index contributed by atoms with van der Waals surface area (Å²) in [5.41, 5.74) is 8.67. The van der Waals surface area contributed by atoms with Crippen LogP contribution in [0.4, 0.5) is 0 Å². The zero-order chi connectivity index (χ0) is 32.7. The van der Waals surface area contributed by atoms with Gasteiger partial charge in [-0.05, 0) is 66.2 Å². The summed E-state index contributed by atoms with van der Waals surface area (Å²) < 4.78 is 6.39. The molecule has 234 valence electrons. The third kappa shape index (κ3) is 5.08. The molecule has 0 amide bonds. The first-order chi connectivity index (χ1) is 24.2. The summed E-state index contributed by atoms with van der Waals surface area (Å²) in [6.45, 7) is 0. The van der Waals surface area contributed by atoms with Crippen molar-refractivity contribution in [2.45, 2.75) is 0 Å². The Balaban J connectivity index is 1.44. The van der Waals surface area contributed by atoms with E-state index in [0.717, 1.165) is 72.4 Å². The van der Waals surface area contributed by atoms with Crippen LogP contribution in [0.15, 0.2) is 165 Å². The van der Waals surface area contributed by atoms with E-state index < -0.39 is 0 Å². The van der Waals surface area contributed by atoms with E-state index in [1.54, 1.807) is 12.1 Å². The van der Waals surface area contributed by atoms with Gasteiger partial charge >= 0.3 is 0 Å². The van der Waals surface area contributed by atoms with Gasteiger partial charge in [0.05, 0.1) is 0 Å². The lowest BCUT2D eigenvalue weighted by Gasteiger charge is -2.07. The van der Waals surface area contributed by atoms with Gasteiger partial charge in [-0.2, -0.15) is 13.7 Å². The molecule has 0 radical (unpaired) electrons. The normalized spacial score (nSPS) is 12.8. The highest BCUT2D eigenvalue weighted by Crippen LogP contribution is 2.23. The number of benzene rings is 1. The van der Waals surface area contributed by atoms with Crippen LogP contribution >= 0.6 is 0 Å². The van der Waals surface area contributed by atoms with Crippen molar-refractivity contribution in [1.29, 1.82) is 0 Å². The minimum absolute atomic E-state index is 0.221.